The summed E-state index contributed by atoms with van der Waals surface area (Å²) in [6.45, 7) is 3.40. The monoisotopic (exact) mass is 459 g/mol. The summed E-state index contributed by atoms with van der Waals surface area (Å²) in [6, 6.07) is 12.2. The van der Waals surface area contributed by atoms with E-state index < -0.39 is 10.0 Å². The molecule has 0 bridgehead atoms. The lowest BCUT2D eigenvalue weighted by atomic mass is 10.1. The molecule has 0 unspecified atom stereocenters. The van der Waals surface area contributed by atoms with Crippen molar-refractivity contribution in [3.8, 4) is 11.5 Å². The molecular formula is C22H22ClN3O4S. The summed E-state index contributed by atoms with van der Waals surface area (Å²) in [7, 11) is -1.86. The minimum absolute atomic E-state index is 0.104. The van der Waals surface area contributed by atoms with Crippen molar-refractivity contribution in [2.45, 2.75) is 18.4 Å². The SMILES string of the molecule is Cc1c(Cl)cccc1S(=O)(=O)Nc1cnccc1OCc1ccc2c(c1)N(C)CCO2. The summed E-state index contributed by atoms with van der Waals surface area (Å²) < 4.78 is 40.0. The van der Waals surface area contributed by atoms with Gasteiger partial charge >= 0.3 is 0 Å². The Morgan fingerprint density at radius 2 is 2.10 bits per heavy atom. The Kier molecular flexibility index (Phi) is 5.93. The zero-order valence-electron chi connectivity index (χ0n) is 17.1. The second-order valence-electron chi connectivity index (χ2n) is 7.20. The number of anilines is 2. The molecule has 2 heterocycles. The van der Waals surface area contributed by atoms with E-state index in [9.17, 15) is 8.42 Å². The first-order chi connectivity index (χ1) is 14.8. The minimum atomic E-state index is -3.87. The van der Waals surface area contributed by atoms with Crippen LogP contribution in [-0.2, 0) is 16.6 Å². The number of fused-ring (bicyclic) bond motifs is 1. The van der Waals surface area contributed by atoms with Gasteiger partial charge in [0.25, 0.3) is 10.0 Å². The summed E-state index contributed by atoms with van der Waals surface area (Å²) in [4.78, 5) is 6.26. The number of nitrogens with zero attached hydrogens (tertiary/aromatic N) is 2. The van der Waals surface area contributed by atoms with Crippen LogP contribution in [0.15, 0.2) is 59.8 Å². The van der Waals surface area contributed by atoms with Crippen LogP contribution in [0.25, 0.3) is 0 Å². The van der Waals surface area contributed by atoms with Crippen LogP contribution in [0, 0.1) is 6.92 Å². The largest absolute Gasteiger partial charge is 0.490 e. The molecule has 4 rings (SSSR count). The van der Waals surface area contributed by atoms with E-state index in [1.165, 1.54) is 12.3 Å². The molecule has 0 amide bonds. The van der Waals surface area contributed by atoms with Gasteiger partial charge in [-0.15, -0.1) is 0 Å². The Morgan fingerprint density at radius 3 is 2.94 bits per heavy atom. The molecule has 0 atom stereocenters. The highest BCUT2D eigenvalue weighted by Gasteiger charge is 2.20. The van der Waals surface area contributed by atoms with Gasteiger partial charge in [-0.25, -0.2) is 8.42 Å². The molecule has 0 radical (unpaired) electrons. The number of likely N-dealkylation sites (N-methyl/N-ethyl adjacent to an activating group) is 1. The third-order valence-electron chi connectivity index (χ3n) is 5.05. The Labute approximate surface area is 186 Å². The molecule has 1 N–H and O–H groups in total. The normalized spacial score (nSPS) is 13.3. The lowest BCUT2D eigenvalue weighted by Gasteiger charge is -2.28. The number of ether oxygens (including phenoxy) is 2. The van der Waals surface area contributed by atoms with Crippen LogP contribution in [0.1, 0.15) is 11.1 Å². The number of pyridine rings is 1. The zero-order valence-corrected chi connectivity index (χ0v) is 18.7. The van der Waals surface area contributed by atoms with E-state index in [-0.39, 0.29) is 17.2 Å². The van der Waals surface area contributed by atoms with Crippen LogP contribution in [0.3, 0.4) is 0 Å². The van der Waals surface area contributed by atoms with Crippen LogP contribution in [0.4, 0.5) is 11.4 Å². The van der Waals surface area contributed by atoms with Crippen LogP contribution in [-0.4, -0.2) is 33.6 Å². The van der Waals surface area contributed by atoms with Crippen molar-refractivity contribution >= 4 is 33.0 Å². The van der Waals surface area contributed by atoms with E-state index in [2.05, 4.69) is 14.6 Å². The fraction of sp³-hybridized carbons (Fsp3) is 0.227. The standard InChI is InChI=1S/C22H22ClN3O4S/c1-15-17(23)4-3-5-22(15)31(27,28)25-18-13-24-9-8-20(18)30-14-16-6-7-21-19(12-16)26(2)10-11-29-21/h3-9,12-13,25H,10-11,14H2,1-2H3. The smallest absolute Gasteiger partial charge is 0.262 e. The zero-order chi connectivity index (χ0) is 22.0. The van der Waals surface area contributed by atoms with Crippen molar-refractivity contribution in [2.24, 2.45) is 0 Å². The number of halogens is 1. The van der Waals surface area contributed by atoms with E-state index in [1.807, 2.05) is 25.2 Å². The second kappa shape index (κ2) is 8.64. The van der Waals surface area contributed by atoms with Crippen LogP contribution >= 0.6 is 11.6 Å². The molecule has 2 aromatic carbocycles. The third-order valence-corrected chi connectivity index (χ3v) is 6.97. The predicted molar refractivity (Wildman–Crippen MR) is 121 cm³/mol. The molecule has 1 aliphatic rings. The molecule has 0 saturated heterocycles. The van der Waals surface area contributed by atoms with E-state index in [1.54, 1.807) is 31.3 Å². The van der Waals surface area contributed by atoms with Crippen molar-refractivity contribution in [1.29, 1.82) is 0 Å². The number of nitrogens with one attached hydrogen (secondary N) is 1. The number of hydrogen-bond donors (Lipinski definition) is 1. The topological polar surface area (TPSA) is 80.8 Å². The molecule has 162 valence electrons. The first-order valence-electron chi connectivity index (χ1n) is 9.67. The van der Waals surface area contributed by atoms with Gasteiger partial charge < -0.3 is 14.4 Å². The van der Waals surface area contributed by atoms with Gasteiger partial charge in [0, 0.05) is 24.3 Å². The van der Waals surface area contributed by atoms with E-state index in [0.717, 1.165) is 23.5 Å². The summed E-state index contributed by atoms with van der Waals surface area (Å²) in [5.74, 6) is 1.22. The number of rotatable bonds is 6. The molecule has 3 aromatic rings. The minimum Gasteiger partial charge on any atom is -0.490 e. The van der Waals surface area contributed by atoms with Crippen molar-refractivity contribution in [3.63, 3.8) is 0 Å². The highest BCUT2D eigenvalue weighted by atomic mass is 35.5. The summed E-state index contributed by atoms with van der Waals surface area (Å²) in [5, 5.41) is 0.381. The average Bonchev–Trinajstić information content (AvgIpc) is 2.75. The van der Waals surface area contributed by atoms with E-state index >= 15 is 0 Å². The first kappa shape index (κ1) is 21.3. The second-order valence-corrected chi connectivity index (χ2v) is 9.26. The maximum atomic E-state index is 12.9. The van der Waals surface area contributed by atoms with Gasteiger partial charge in [0.2, 0.25) is 0 Å². The maximum absolute atomic E-state index is 12.9. The van der Waals surface area contributed by atoms with E-state index in [0.29, 0.717) is 22.9 Å². The highest BCUT2D eigenvalue weighted by Crippen LogP contribution is 2.33. The molecular weight excluding hydrogens is 438 g/mol. The van der Waals surface area contributed by atoms with Crippen LogP contribution in [0.5, 0.6) is 11.5 Å². The summed E-state index contributed by atoms with van der Waals surface area (Å²) >= 11 is 6.09. The van der Waals surface area contributed by atoms with E-state index in [4.69, 9.17) is 21.1 Å². The summed E-state index contributed by atoms with van der Waals surface area (Å²) in [5.41, 5.74) is 2.66. The molecule has 0 aliphatic carbocycles. The van der Waals surface area contributed by atoms with Gasteiger partial charge in [-0.2, -0.15) is 0 Å². The lowest BCUT2D eigenvalue weighted by molar-refractivity contribution is 0.302. The Bertz CT molecular complexity index is 1220. The van der Waals surface area contributed by atoms with Gasteiger partial charge in [0.15, 0.2) is 0 Å². The number of sulfonamides is 1. The van der Waals surface area contributed by atoms with Crippen LogP contribution < -0.4 is 19.1 Å². The molecule has 0 fully saturated rings. The maximum Gasteiger partial charge on any atom is 0.262 e. The summed E-state index contributed by atoms with van der Waals surface area (Å²) in [6.07, 6.45) is 2.97. The quantitative estimate of drug-likeness (QED) is 0.593. The van der Waals surface area contributed by atoms with Gasteiger partial charge in [-0.3, -0.25) is 9.71 Å². The first-order valence-corrected chi connectivity index (χ1v) is 11.5. The number of hydrogen-bond acceptors (Lipinski definition) is 6. The Morgan fingerprint density at radius 1 is 1.26 bits per heavy atom. The van der Waals surface area contributed by atoms with Gasteiger partial charge in [0.1, 0.15) is 30.4 Å². The molecule has 9 heteroatoms. The third kappa shape index (κ3) is 4.55. The van der Waals surface area contributed by atoms with Crippen molar-refractivity contribution in [2.75, 3.05) is 29.8 Å². The molecule has 0 saturated carbocycles. The molecule has 1 aliphatic heterocycles. The lowest BCUT2D eigenvalue weighted by Crippen LogP contribution is -2.28. The van der Waals surface area contributed by atoms with Gasteiger partial charge in [-0.05, 0) is 42.3 Å². The van der Waals surface area contributed by atoms with Crippen molar-refractivity contribution in [1.82, 2.24) is 4.98 Å². The Balaban J connectivity index is 1.54. The molecule has 31 heavy (non-hydrogen) atoms. The fourth-order valence-corrected chi connectivity index (χ4v) is 4.86. The van der Waals surface area contributed by atoms with Gasteiger partial charge in [-0.1, -0.05) is 23.7 Å². The Hall–Kier alpha value is -2.97. The van der Waals surface area contributed by atoms with Crippen molar-refractivity contribution < 1.29 is 17.9 Å². The average molecular weight is 460 g/mol. The molecule has 1 aromatic heterocycles. The molecule has 0 spiro atoms. The number of aromatic nitrogens is 1. The van der Waals surface area contributed by atoms with Gasteiger partial charge in [0.05, 0.1) is 23.3 Å². The number of benzene rings is 2. The molecule has 7 nitrogen and oxygen atoms in total. The highest BCUT2D eigenvalue weighted by molar-refractivity contribution is 7.92. The van der Waals surface area contributed by atoms with Crippen LogP contribution in [0.2, 0.25) is 5.02 Å². The fourth-order valence-electron chi connectivity index (χ4n) is 3.31. The predicted octanol–water partition coefficient (Wildman–Crippen LogP) is 4.25. The van der Waals surface area contributed by atoms with Crippen molar-refractivity contribution in [3.05, 3.63) is 71.0 Å².